The van der Waals surface area contributed by atoms with Crippen molar-refractivity contribution in [3.05, 3.63) is 33.1 Å². The van der Waals surface area contributed by atoms with Gasteiger partial charge in [0, 0.05) is 0 Å². The van der Waals surface area contributed by atoms with Crippen molar-refractivity contribution in [2.75, 3.05) is 5.73 Å². The van der Waals surface area contributed by atoms with E-state index in [1.54, 1.807) is 16.9 Å². The highest BCUT2D eigenvalue weighted by Gasteiger charge is 2.13. The van der Waals surface area contributed by atoms with Gasteiger partial charge in [-0.3, -0.25) is 0 Å². The molecule has 0 saturated carbocycles. The molecule has 2 N–H and O–H groups in total. The van der Waals surface area contributed by atoms with Crippen LogP contribution in [0.25, 0.3) is 5.82 Å². The van der Waals surface area contributed by atoms with Crippen molar-refractivity contribution in [2.24, 2.45) is 0 Å². The van der Waals surface area contributed by atoms with Gasteiger partial charge in [0.2, 0.25) is 0 Å². The lowest BCUT2D eigenvalue weighted by atomic mass is 10.4. The lowest BCUT2D eigenvalue weighted by Crippen LogP contribution is -2.03. The number of aryl methyl sites for hydroxylation is 1. The van der Waals surface area contributed by atoms with E-state index >= 15 is 0 Å². The summed E-state index contributed by atoms with van der Waals surface area (Å²) in [5.74, 6) is 0.682. The van der Waals surface area contributed by atoms with E-state index in [9.17, 15) is 0 Å². The van der Waals surface area contributed by atoms with Crippen LogP contribution in [0.1, 0.15) is 11.4 Å². The van der Waals surface area contributed by atoms with Crippen molar-refractivity contribution in [1.29, 1.82) is 0 Å². The van der Waals surface area contributed by atoms with E-state index in [2.05, 4.69) is 26.0 Å². The number of nitrogens with zero attached hydrogens (tertiary/aromatic N) is 3. The average molecular weight is 302 g/mol. The Morgan fingerprint density at radius 3 is 2.62 bits per heavy atom. The van der Waals surface area contributed by atoms with Gasteiger partial charge in [-0.15, -0.1) is 0 Å². The molecule has 16 heavy (non-hydrogen) atoms. The van der Waals surface area contributed by atoms with Gasteiger partial charge in [0.15, 0.2) is 5.82 Å². The van der Waals surface area contributed by atoms with E-state index in [0.717, 1.165) is 15.9 Å². The first-order valence-electron chi connectivity index (χ1n) is 4.64. The van der Waals surface area contributed by atoms with Crippen LogP contribution in [0.3, 0.4) is 0 Å². The van der Waals surface area contributed by atoms with Crippen LogP contribution >= 0.6 is 27.5 Å². The minimum atomic E-state index is 0.600. The maximum Gasteiger partial charge on any atom is 0.168 e. The van der Waals surface area contributed by atoms with Crippen LogP contribution < -0.4 is 5.73 Å². The van der Waals surface area contributed by atoms with Gasteiger partial charge < -0.3 is 5.73 Å². The first kappa shape index (κ1) is 11.4. The quantitative estimate of drug-likeness (QED) is 0.881. The van der Waals surface area contributed by atoms with Crippen molar-refractivity contribution in [3.63, 3.8) is 0 Å². The summed E-state index contributed by atoms with van der Waals surface area (Å²) in [5, 5.41) is 4.98. The van der Waals surface area contributed by atoms with Crippen molar-refractivity contribution in [2.45, 2.75) is 13.8 Å². The Morgan fingerprint density at radius 1 is 1.44 bits per heavy atom. The number of anilines is 1. The van der Waals surface area contributed by atoms with E-state index in [0.29, 0.717) is 16.5 Å². The highest BCUT2D eigenvalue weighted by Crippen LogP contribution is 2.26. The molecule has 0 saturated heterocycles. The molecule has 0 aliphatic heterocycles. The van der Waals surface area contributed by atoms with Gasteiger partial charge in [-0.25, -0.2) is 9.67 Å². The molecular formula is C10H10BrClN4. The third-order valence-electron chi connectivity index (χ3n) is 2.25. The van der Waals surface area contributed by atoms with Crippen molar-refractivity contribution in [1.82, 2.24) is 14.8 Å². The first-order chi connectivity index (χ1) is 7.50. The largest absolute Gasteiger partial charge is 0.397 e. The van der Waals surface area contributed by atoms with Crippen LogP contribution in [0.2, 0.25) is 5.02 Å². The summed E-state index contributed by atoms with van der Waals surface area (Å²) in [6, 6.07) is 1.78. The van der Waals surface area contributed by atoms with Crippen molar-refractivity contribution >= 4 is 33.2 Å². The van der Waals surface area contributed by atoms with Gasteiger partial charge in [-0.1, -0.05) is 11.6 Å². The molecule has 0 radical (unpaired) electrons. The zero-order valence-corrected chi connectivity index (χ0v) is 11.2. The van der Waals surface area contributed by atoms with Crippen molar-refractivity contribution in [3.8, 4) is 5.82 Å². The molecule has 2 heterocycles. The molecule has 2 aromatic rings. The molecule has 0 aromatic carbocycles. The molecule has 84 valence electrons. The maximum absolute atomic E-state index is 6.08. The van der Waals surface area contributed by atoms with E-state index < -0.39 is 0 Å². The van der Waals surface area contributed by atoms with Crippen molar-refractivity contribution < 1.29 is 0 Å². The fraction of sp³-hybridized carbons (Fsp3) is 0.200. The molecule has 0 amide bonds. The first-order valence-corrected chi connectivity index (χ1v) is 5.81. The summed E-state index contributed by atoms with van der Waals surface area (Å²) in [6.07, 6.45) is 1.59. The Hall–Kier alpha value is -1.07. The number of pyridine rings is 1. The second-order valence-corrected chi connectivity index (χ2v) is 4.70. The Kier molecular flexibility index (Phi) is 2.90. The summed E-state index contributed by atoms with van der Waals surface area (Å²) in [5.41, 5.74) is 7.87. The molecule has 0 aliphatic carbocycles. The summed E-state index contributed by atoms with van der Waals surface area (Å²) < 4.78 is 2.48. The smallest absolute Gasteiger partial charge is 0.168 e. The number of aromatic nitrogens is 3. The highest BCUT2D eigenvalue weighted by molar-refractivity contribution is 9.10. The Bertz CT molecular complexity index is 550. The lowest BCUT2D eigenvalue weighted by Gasteiger charge is -2.06. The van der Waals surface area contributed by atoms with Gasteiger partial charge in [-0.2, -0.15) is 5.10 Å². The molecule has 0 bridgehead atoms. The SMILES string of the molecule is Cc1nn(-c2ncc(N)cc2Br)c(C)c1Cl. The number of halogens is 2. The van der Waals surface area contributed by atoms with E-state index in [4.69, 9.17) is 17.3 Å². The minimum Gasteiger partial charge on any atom is -0.397 e. The number of rotatable bonds is 1. The van der Waals surface area contributed by atoms with Crippen LogP contribution in [-0.2, 0) is 0 Å². The molecule has 0 fully saturated rings. The number of hydrogen-bond donors (Lipinski definition) is 1. The Morgan fingerprint density at radius 2 is 2.12 bits per heavy atom. The van der Waals surface area contributed by atoms with Crippen LogP contribution in [-0.4, -0.2) is 14.8 Å². The maximum atomic E-state index is 6.08. The molecule has 6 heteroatoms. The van der Waals surface area contributed by atoms with Gasteiger partial charge in [0.05, 0.1) is 32.8 Å². The summed E-state index contributed by atoms with van der Waals surface area (Å²) in [4.78, 5) is 4.23. The summed E-state index contributed by atoms with van der Waals surface area (Å²) in [7, 11) is 0. The molecule has 0 unspecified atom stereocenters. The second kappa shape index (κ2) is 4.07. The van der Waals surface area contributed by atoms with E-state index in [-0.39, 0.29) is 0 Å². The molecule has 2 aromatic heterocycles. The standard InChI is InChI=1S/C10H10BrClN4/c1-5-9(12)6(2)16(15-5)10-8(11)3-7(13)4-14-10/h3-4H,13H2,1-2H3. The van der Waals surface area contributed by atoms with E-state index in [1.807, 2.05) is 13.8 Å². The van der Waals surface area contributed by atoms with Gasteiger partial charge >= 0.3 is 0 Å². The van der Waals surface area contributed by atoms with Gasteiger partial charge in [0.1, 0.15) is 0 Å². The zero-order chi connectivity index (χ0) is 11.9. The van der Waals surface area contributed by atoms with Gasteiger partial charge in [-0.05, 0) is 35.8 Å². The predicted molar refractivity (Wildman–Crippen MR) is 68.0 cm³/mol. The fourth-order valence-corrected chi connectivity index (χ4v) is 2.08. The molecule has 0 atom stereocenters. The third-order valence-corrected chi connectivity index (χ3v) is 3.38. The van der Waals surface area contributed by atoms with Crippen LogP contribution in [0, 0.1) is 13.8 Å². The molecule has 2 rings (SSSR count). The highest BCUT2D eigenvalue weighted by atomic mass is 79.9. The minimum absolute atomic E-state index is 0.600. The monoisotopic (exact) mass is 300 g/mol. The fourth-order valence-electron chi connectivity index (χ4n) is 1.43. The van der Waals surface area contributed by atoms with Crippen LogP contribution in [0.5, 0.6) is 0 Å². The number of nitrogens with two attached hydrogens (primary N) is 1. The number of nitrogen functional groups attached to an aromatic ring is 1. The van der Waals surface area contributed by atoms with Crippen LogP contribution in [0.4, 0.5) is 5.69 Å². The second-order valence-electron chi connectivity index (χ2n) is 3.47. The third kappa shape index (κ3) is 1.81. The Balaban J connectivity index is 2.63. The summed E-state index contributed by atoms with van der Waals surface area (Å²) >= 11 is 9.49. The summed E-state index contributed by atoms with van der Waals surface area (Å²) in [6.45, 7) is 3.75. The molecule has 4 nitrogen and oxygen atoms in total. The molecular weight excluding hydrogens is 291 g/mol. The normalized spacial score (nSPS) is 10.8. The average Bonchev–Trinajstić information content (AvgIpc) is 2.46. The Labute approximate surface area is 107 Å². The van der Waals surface area contributed by atoms with Gasteiger partial charge in [0.25, 0.3) is 0 Å². The zero-order valence-electron chi connectivity index (χ0n) is 8.83. The molecule has 0 aliphatic rings. The van der Waals surface area contributed by atoms with E-state index in [1.165, 1.54) is 0 Å². The topological polar surface area (TPSA) is 56.7 Å². The van der Waals surface area contributed by atoms with Crippen LogP contribution in [0.15, 0.2) is 16.7 Å². The lowest BCUT2D eigenvalue weighted by molar-refractivity contribution is 0.802. The molecule has 0 spiro atoms. The predicted octanol–water partition coefficient (Wildman–Crippen LogP) is 2.88. The number of hydrogen-bond acceptors (Lipinski definition) is 3.